The van der Waals surface area contributed by atoms with Gasteiger partial charge in [-0.25, -0.2) is 0 Å². The fourth-order valence-electron chi connectivity index (χ4n) is 1.65. The molecule has 1 aromatic rings. The number of para-hydroxylation sites is 1. The van der Waals surface area contributed by atoms with Gasteiger partial charge in [-0.15, -0.1) is 0 Å². The molecule has 0 aliphatic rings. The van der Waals surface area contributed by atoms with Crippen LogP contribution in [0.3, 0.4) is 0 Å². The minimum absolute atomic E-state index is 0.143. The van der Waals surface area contributed by atoms with E-state index in [0.717, 1.165) is 19.3 Å². The minimum Gasteiger partial charge on any atom is -0.352 e. The molecule has 0 aromatic heterocycles. The Balaban J connectivity index is 2.63. The monoisotopic (exact) mass is 248 g/mol. The summed E-state index contributed by atoms with van der Waals surface area (Å²) in [5.41, 5.74) is 1.06. The lowest BCUT2D eigenvalue weighted by molar-refractivity contribution is -0.114. The second kappa shape index (κ2) is 7.48. The first kappa shape index (κ1) is 14.2. The van der Waals surface area contributed by atoms with Crippen molar-refractivity contribution in [1.82, 2.24) is 5.32 Å². The van der Waals surface area contributed by atoms with Crippen LogP contribution in [0, 0.1) is 0 Å². The molecular formula is C14H20N2O2. The number of carbonyl (C=O) groups is 2. The SMILES string of the molecule is CCCCCNC(=O)c1ccccc1NC(C)=O. The lowest BCUT2D eigenvalue weighted by Gasteiger charge is -2.10. The minimum atomic E-state index is -0.179. The van der Waals surface area contributed by atoms with Gasteiger partial charge in [0.05, 0.1) is 11.3 Å². The Morgan fingerprint density at radius 3 is 2.56 bits per heavy atom. The van der Waals surface area contributed by atoms with E-state index >= 15 is 0 Å². The molecule has 0 saturated carbocycles. The molecule has 0 heterocycles. The predicted octanol–water partition coefficient (Wildman–Crippen LogP) is 2.57. The highest BCUT2D eigenvalue weighted by atomic mass is 16.2. The van der Waals surface area contributed by atoms with Crippen molar-refractivity contribution in [2.24, 2.45) is 0 Å². The van der Waals surface area contributed by atoms with Crippen molar-refractivity contribution in [3.63, 3.8) is 0 Å². The molecule has 0 unspecified atom stereocenters. The molecule has 0 atom stereocenters. The number of carbonyl (C=O) groups excluding carboxylic acids is 2. The lowest BCUT2D eigenvalue weighted by atomic mass is 10.1. The molecule has 0 fully saturated rings. The van der Waals surface area contributed by atoms with E-state index < -0.39 is 0 Å². The van der Waals surface area contributed by atoms with E-state index in [2.05, 4.69) is 17.6 Å². The highest BCUT2D eigenvalue weighted by Gasteiger charge is 2.10. The smallest absolute Gasteiger partial charge is 0.253 e. The molecule has 98 valence electrons. The summed E-state index contributed by atoms with van der Waals surface area (Å²) in [6, 6.07) is 7.01. The van der Waals surface area contributed by atoms with Gasteiger partial charge >= 0.3 is 0 Å². The van der Waals surface area contributed by atoms with Gasteiger partial charge in [-0.05, 0) is 18.6 Å². The van der Waals surface area contributed by atoms with Gasteiger partial charge in [-0.2, -0.15) is 0 Å². The maximum Gasteiger partial charge on any atom is 0.253 e. The van der Waals surface area contributed by atoms with E-state index in [0.29, 0.717) is 17.8 Å². The summed E-state index contributed by atoms with van der Waals surface area (Å²) in [4.78, 5) is 23.0. The fourth-order valence-corrected chi connectivity index (χ4v) is 1.65. The molecule has 0 spiro atoms. The number of unbranched alkanes of at least 4 members (excludes halogenated alkanes) is 2. The second-order valence-electron chi connectivity index (χ2n) is 4.19. The number of nitrogens with one attached hydrogen (secondary N) is 2. The van der Waals surface area contributed by atoms with Crippen LogP contribution in [0.15, 0.2) is 24.3 Å². The van der Waals surface area contributed by atoms with E-state index in [1.54, 1.807) is 24.3 Å². The van der Waals surface area contributed by atoms with Crippen LogP contribution in [0.2, 0.25) is 0 Å². The second-order valence-corrected chi connectivity index (χ2v) is 4.19. The van der Waals surface area contributed by atoms with Crippen LogP contribution >= 0.6 is 0 Å². The van der Waals surface area contributed by atoms with Crippen LogP contribution < -0.4 is 10.6 Å². The van der Waals surface area contributed by atoms with E-state index in [-0.39, 0.29) is 11.8 Å². The molecule has 0 bridgehead atoms. The molecule has 0 aliphatic heterocycles. The summed E-state index contributed by atoms with van der Waals surface area (Å²) in [5.74, 6) is -0.323. The zero-order valence-corrected chi connectivity index (χ0v) is 11.0. The molecule has 2 N–H and O–H groups in total. The molecular weight excluding hydrogens is 228 g/mol. The molecule has 1 aromatic carbocycles. The number of hydrogen-bond donors (Lipinski definition) is 2. The summed E-state index contributed by atoms with van der Waals surface area (Å²) in [7, 11) is 0. The first-order valence-electron chi connectivity index (χ1n) is 6.30. The van der Waals surface area contributed by atoms with Gasteiger partial charge in [-0.1, -0.05) is 31.9 Å². The van der Waals surface area contributed by atoms with Crippen molar-refractivity contribution >= 4 is 17.5 Å². The van der Waals surface area contributed by atoms with Crippen LogP contribution in [0.25, 0.3) is 0 Å². The summed E-state index contributed by atoms with van der Waals surface area (Å²) in [5, 5.41) is 5.51. The van der Waals surface area contributed by atoms with Crippen LogP contribution in [-0.4, -0.2) is 18.4 Å². The van der Waals surface area contributed by atoms with Crippen molar-refractivity contribution in [3.8, 4) is 0 Å². The number of benzene rings is 1. The maximum absolute atomic E-state index is 11.9. The van der Waals surface area contributed by atoms with Crippen LogP contribution in [-0.2, 0) is 4.79 Å². The Kier molecular flexibility index (Phi) is 5.91. The van der Waals surface area contributed by atoms with Gasteiger partial charge in [0.2, 0.25) is 5.91 Å². The largest absolute Gasteiger partial charge is 0.352 e. The molecule has 0 saturated heterocycles. The summed E-state index contributed by atoms with van der Waals surface area (Å²) < 4.78 is 0. The van der Waals surface area contributed by atoms with E-state index in [4.69, 9.17) is 0 Å². The first-order chi connectivity index (χ1) is 8.65. The standard InChI is InChI=1S/C14H20N2O2/c1-3-4-7-10-15-14(18)12-8-5-6-9-13(12)16-11(2)17/h5-6,8-9H,3-4,7,10H2,1-2H3,(H,15,18)(H,16,17). The number of anilines is 1. The molecule has 0 aliphatic carbocycles. The van der Waals surface area contributed by atoms with Crippen molar-refractivity contribution in [1.29, 1.82) is 0 Å². The third-order valence-corrected chi connectivity index (χ3v) is 2.55. The Labute approximate surface area is 108 Å². The summed E-state index contributed by atoms with van der Waals surface area (Å²) in [6.07, 6.45) is 3.20. The lowest BCUT2D eigenvalue weighted by Crippen LogP contribution is -2.25. The maximum atomic E-state index is 11.9. The van der Waals surface area contributed by atoms with Gasteiger partial charge < -0.3 is 10.6 Å². The summed E-state index contributed by atoms with van der Waals surface area (Å²) in [6.45, 7) is 4.21. The Morgan fingerprint density at radius 2 is 1.89 bits per heavy atom. The van der Waals surface area contributed by atoms with Crippen molar-refractivity contribution in [2.75, 3.05) is 11.9 Å². The van der Waals surface area contributed by atoms with Crippen LogP contribution in [0.1, 0.15) is 43.5 Å². The highest BCUT2D eigenvalue weighted by Crippen LogP contribution is 2.14. The zero-order chi connectivity index (χ0) is 13.4. The van der Waals surface area contributed by atoms with Gasteiger partial charge in [0.25, 0.3) is 5.91 Å². The van der Waals surface area contributed by atoms with Gasteiger partial charge in [0.1, 0.15) is 0 Å². The predicted molar refractivity (Wildman–Crippen MR) is 72.6 cm³/mol. The summed E-state index contributed by atoms with van der Waals surface area (Å²) >= 11 is 0. The number of rotatable bonds is 6. The third-order valence-electron chi connectivity index (χ3n) is 2.55. The van der Waals surface area contributed by atoms with E-state index in [1.165, 1.54) is 6.92 Å². The number of hydrogen-bond acceptors (Lipinski definition) is 2. The molecule has 18 heavy (non-hydrogen) atoms. The topological polar surface area (TPSA) is 58.2 Å². The molecule has 0 radical (unpaired) electrons. The van der Waals surface area contributed by atoms with Crippen LogP contribution in [0.5, 0.6) is 0 Å². The number of amides is 2. The van der Waals surface area contributed by atoms with Gasteiger partial charge in [0, 0.05) is 13.5 Å². The molecule has 4 nitrogen and oxygen atoms in total. The average molecular weight is 248 g/mol. The zero-order valence-electron chi connectivity index (χ0n) is 11.0. The first-order valence-corrected chi connectivity index (χ1v) is 6.30. The van der Waals surface area contributed by atoms with Crippen molar-refractivity contribution < 1.29 is 9.59 Å². The molecule has 1 rings (SSSR count). The van der Waals surface area contributed by atoms with E-state index in [1.807, 2.05) is 0 Å². The highest BCUT2D eigenvalue weighted by molar-refractivity contribution is 6.03. The fraction of sp³-hybridized carbons (Fsp3) is 0.429. The Bertz CT molecular complexity index is 416. The van der Waals surface area contributed by atoms with Gasteiger partial charge in [0.15, 0.2) is 0 Å². The normalized spacial score (nSPS) is 9.89. The van der Waals surface area contributed by atoms with Crippen LogP contribution in [0.4, 0.5) is 5.69 Å². The van der Waals surface area contributed by atoms with Crippen molar-refractivity contribution in [3.05, 3.63) is 29.8 Å². The van der Waals surface area contributed by atoms with Crippen molar-refractivity contribution in [2.45, 2.75) is 33.1 Å². The average Bonchev–Trinajstić information content (AvgIpc) is 2.34. The quantitative estimate of drug-likeness (QED) is 0.760. The van der Waals surface area contributed by atoms with Gasteiger partial charge in [-0.3, -0.25) is 9.59 Å². The molecule has 2 amide bonds. The molecule has 4 heteroatoms. The van der Waals surface area contributed by atoms with E-state index in [9.17, 15) is 9.59 Å². The Hall–Kier alpha value is -1.84. The Morgan fingerprint density at radius 1 is 1.17 bits per heavy atom. The third kappa shape index (κ3) is 4.57.